The molecule has 76 valence electrons. The molecule has 0 bridgehead atoms. The van der Waals surface area contributed by atoms with Gasteiger partial charge in [0, 0.05) is 11.1 Å². The van der Waals surface area contributed by atoms with Gasteiger partial charge < -0.3 is 9.90 Å². The Bertz CT molecular complexity index is 490. The molecule has 0 radical (unpaired) electrons. The molecule has 4 nitrogen and oxygen atoms in total. The van der Waals surface area contributed by atoms with Gasteiger partial charge in [-0.15, -0.1) is 0 Å². The summed E-state index contributed by atoms with van der Waals surface area (Å²) in [6.07, 6.45) is 1.16. The summed E-state index contributed by atoms with van der Waals surface area (Å²) in [5.74, 6) is -1.70. The number of carbonyl (C=O) groups is 1. The zero-order valence-corrected chi connectivity index (χ0v) is 7.53. The van der Waals surface area contributed by atoms with Crippen LogP contribution < -0.4 is 5.11 Å². The molecule has 0 aliphatic carbocycles. The highest BCUT2D eigenvalue weighted by molar-refractivity contribution is 5.93. The number of hydrogen-bond donors (Lipinski definition) is 1. The van der Waals surface area contributed by atoms with E-state index in [2.05, 4.69) is 10.2 Å². The first-order valence-electron chi connectivity index (χ1n) is 4.19. The van der Waals surface area contributed by atoms with Crippen LogP contribution in [0.25, 0.3) is 11.3 Å². The summed E-state index contributed by atoms with van der Waals surface area (Å²) in [6, 6.07) is 5.43. The van der Waals surface area contributed by atoms with Gasteiger partial charge in [0.15, 0.2) is 0 Å². The zero-order valence-electron chi connectivity index (χ0n) is 7.53. The Labute approximate surface area is 84.4 Å². The highest BCUT2D eigenvalue weighted by atomic mass is 19.1. The molecule has 5 heteroatoms. The van der Waals surface area contributed by atoms with Crippen LogP contribution in [0.4, 0.5) is 4.39 Å². The molecule has 1 heterocycles. The molecule has 15 heavy (non-hydrogen) atoms. The van der Waals surface area contributed by atoms with Crippen molar-refractivity contribution >= 4 is 5.97 Å². The van der Waals surface area contributed by atoms with Crippen LogP contribution in [0, 0.1) is 5.82 Å². The molecule has 0 aliphatic rings. The molecule has 1 aromatic heterocycles. The second-order valence-electron chi connectivity index (χ2n) is 2.95. The number of nitrogens with zero attached hydrogens (tertiary/aromatic N) is 1. The van der Waals surface area contributed by atoms with Crippen molar-refractivity contribution in [3.05, 3.63) is 41.8 Å². The second kappa shape index (κ2) is 3.53. The van der Waals surface area contributed by atoms with Crippen molar-refractivity contribution in [3.8, 4) is 11.3 Å². The molecule has 0 atom stereocenters. The lowest BCUT2D eigenvalue weighted by Crippen LogP contribution is -2.22. The van der Waals surface area contributed by atoms with Gasteiger partial charge in [-0.25, -0.2) is 4.39 Å². The number of carbonyl (C=O) groups excluding carboxylic acids is 1. The fraction of sp³-hybridized carbons (Fsp3) is 0. The average Bonchev–Trinajstić information content (AvgIpc) is 2.67. The fourth-order valence-electron chi connectivity index (χ4n) is 1.28. The van der Waals surface area contributed by atoms with E-state index in [0.717, 1.165) is 6.20 Å². The number of benzene rings is 1. The molecule has 1 aromatic carbocycles. The second-order valence-corrected chi connectivity index (χ2v) is 2.95. The predicted octanol–water partition coefficient (Wildman–Crippen LogP) is 0.579. The van der Waals surface area contributed by atoms with E-state index in [4.69, 9.17) is 0 Å². The van der Waals surface area contributed by atoms with Crippen LogP contribution in [0.15, 0.2) is 30.5 Å². The lowest BCUT2D eigenvalue weighted by Gasteiger charge is -2.03. The third-order valence-electron chi connectivity index (χ3n) is 1.99. The summed E-state index contributed by atoms with van der Waals surface area (Å²) in [5.41, 5.74) is 0.824. The maximum absolute atomic E-state index is 12.6. The molecular weight excluding hydrogens is 199 g/mol. The molecule has 0 spiro atoms. The van der Waals surface area contributed by atoms with Crippen molar-refractivity contribution < 1.29 is 14.3 Å². The molecule has 0 aliphatic heterocycles. The standard InChI is InChI=1S/C10H7FN2O2/c11-7-3-1-6(2-4-7)9-8(10(14)15)5-12-13-9/h1-5H,(H,12,13)(H,14,15)/p-1. The quantitative estimate of drug-likeness (QED) is 0.779. The van der Waals surface area contributed by atoms with E-state index in [-0.39, 0.29) is 11.4 Å². The largest absolute Gasteiger partial charge is 0.545 e. The van der Waals surface area contributed by atoms with Crippen LogP contribution >= 0.6 is 0 Å². The average molecular weight is 205 g/mol. The van der Waals surface area contributed by atoms with Gasteiger partial charge in [-0.1, -0.05) is 0 Å². The minimum Gasteiger partial charge on any atom is -0.545 e. The molecule has 0 unspecified atom stereocenters. The first-order chi connectivity index (χ1) is 7.18. The topological polar surface area (TPSA) is 68.8 Å². The van der Waals surface area contributed by atoms with Crippen molar-refractivity contribution in [2.75, 3.05) is 0 Å². The van der Waals surface area contributed by atoms with E-state index in [1.165, 1.54) is 24.3 Å². The summed E-state index contributed by atoms with van der Waals surface area (Å²) in [7, 11) is 0. The number of halogens is 1. The number of hydrogen-bond acceptors (Lipinski definition) is 3. The summed E-state index contributed by atoms with van der Waals surface area (Å²) in [4.78, 5) is 10.7. The van der Waals surface area contributed by atoms with E-state index in [1.807, 2.05) is 0 Å². The van der Waals surface area contributed by atoms with Crippen LogP contribution in [0.2, 0.25) is 0 Å². The summed E-state index contributed by atoms with van der Waals surface area (Å²) < 4.78 is 12.6. The van der Waals surface area contributed by atoms with Gasteiger partial charge in [0.1, 0.15) is 5.82 Å². The number of aromatic nitrogens is 2. The minimum absolute atomic E-state index is 0.0402. The Morgan fingerprint density at radius 1 is 1.33 bits per heavy atom. The smallest absolute Gasteiger partial charge is 0.123 e. The van der Waals surface area contributed by atoms with Crippen molar-refractivity contribution in [2.24, 2.45) is 0 Å². The lowest BCUT2D eigenvalue weighted by molar-refractivity contribution is -0.254. The third kappa shape index (κ3) is 1.71. The van der Waals surface area contributed by atoms with Crippen molar-refractivity contribution in [1.82, 2.24) is 10.2 Å². The van der Waals surface area contributed by atoms with Crippen LogP contribution in [0.5, 0.6) is 0 Å². The third-order valence-corrected chi connectivity index (χ3v) is 1.99. The highest BCUT2D eigenvalue weighted by Gasteiger charge is 2.07. The van der Waals surface area contributed by atoms with E-state index >= 15 is 0 Å². The Balaban J connectivity index is 2.49. The maximum Gasteiger partial charge on any atom is 0.123 e. The number of H-pyrrole nitrogens is 1. The molecule has 2 aromatic rings. The summed E-state index contributed by atoms with van der Waals surface area (Å²) in [5, 5.41) is 16.8. The van der Waals surface area contributed by atoms with E-state index < -0.39 is 5.97 Å². The SMILES string of the molecule is O=C([O-])c1cn[nH]c1-c1ccc(F)cc1. The minimum atomic E-state index is -1.32. The first-order valence-corrected chi connectivity index (χ1v) is 4.19. The van der Waals surface area contributed by atoms with Crippen molar-refractivity contribution in [1.29, 1.82) is 0 Å². The van der Waals surface area contributed by atoms with Gasteiger partial charge >= 0.3 is 0 Å². The number of rotatable bonds is 2. The van der Waals surface area contributed by atoms with E-state index in [1.54, 1.807) is 0 Å². The predicted molar refractivity (Wildman–Crippen MR) is 48.3 cm³/mol. The van der Waals surface area contributed by atoms with Crippen molar-refractivity contribution in [3.63, 3.8) is 0 Å². The van der Waals surface area contributed by atoms with Crippen LogP contribution in [0.3, 0.4) is 0 Å². The van der Waals surface area contributed by atoms with Gasteiger partial charge in [-0.05, 0) is 24.3 Å². The van der Waals surface area contributed by atoms with Gasteiger partial charge in [0.2, 0.25) is 0 Å². The van der Waals surface area contributed by atoms with Gasteiger partial charge in [0.05, 0.1) is 17.9 Å². The van der Waals surface area contributed by atoms with Gasteiger partial charge in [-0.2, -0.15) is 5.10 Å². The Morgan fingerprint density at radius 2 is 2.00 bits per heavy atom. The summed E-state index contributed by atoms with van der Waals surface area (Å²) in [6.45, 7) is 0. The van der Waals surface area contributed by atoms with Crippen LogP contribution in [-0.2, 0) is 0 Å². The monoisotopic (exact) mass is 205 g/mol. The highest BCUT2D eigenvalue weighted by Crippen LogP contribution is 2.20. The van der Waals surface area contributed by atoms with Gasteiger partial charge in [-0.3, -0.25) is 5.10 Å². The fourth-order valence-corrected chi connectivity index (χ4v) is 1.28. The maximum atomic E-state index is 12.6. The van der Waals surface area contributed by atoms with Crippen LogP contribution in [0.1, 0.15) is 10.4 Å². The zero-order chi connectivity index (χ0) is 10.8. The molecular formula is C10H6FN2O2-. The Kier molecular flexibility index (Phi) is 2.21. The molecule has 1 N–H and O–H groups in total. The lowest BCUT2D eigenvalue weighted by atomic mass is 10.1. The Hall–Kier alpha value is -2.17. The van der Waals surface area contributed by atoms with E-state index in [9.17, 15) is 14.3 Å². The van der Waals surface area contributed by atoms with Gasteiger partial charge in [0.25, 0.3) is 0 Å². The Morgan fingerprint density at radius 3 is 2.60 bits per heavy atom. The molecule has 0 saturated heterocycles. The number of aromatic carboxylic acids is 1. The number of carboxylic acids is 1. The normalized spacial score (nSPS) is 10.2. The molecule has 0 amide bonds. The number of nitrogens with one attached hydrogen (secondary N) is 1. The van der Waals surface area contributed by atoms with E-state index in [0.29, 0.717) is 11.3 Å². The molecule has 0 saturated carbocycles. The van der Waals surface area contributed by atoms with Crippen molar-refractivity contribution in [2.45, 2.75) is 0 Å². The first kappa shape index (κ1) is 9.39. The molecule has 2 rings (SSSR count). The van der Waals surface area contributed by atoms with Crippen LogP contribution in [-0.4, -0.2) is 16.2 Å². The number of aromatic amines is 1. The number of carboxylic acid groups (broad SMARTS) is 1. The summed E-state index contributed by atoms with van der Waals surface area (Å²) >= 11 is 0. The molecule has 0 fully saturated rings.